The average molecular weight is 360 g/mol. The summed E-state index contributed by atoms with van der Waals surface area (Å²) in [7, 11) is 0. The summed E-state index contributed by atoms with van der Waals surface area (Å²) in [4.78, 5) is 20.6. The van der Waals surface area contributed by atoms with E-state index in [1.807, 2.05) is 12.1 Å². The monoisotopic (exact) mass is 360 g/mol. The van der Waals surface area contributed by atoms with E-state index in [-0.39, 0.29) is 11.7 Å². The Morgan fingerprint density at radius 1 is 1.20 bits per heavy atom. The number of nitrogens with one attached hydrogen (secondary N) is 1. The standard InChI is InChI=1S/C17H14F2N4OS/c18-14-3-2-13(7-15(14)19)25-10-17(24)22-9-12-1-4-16(21-8-12)23-6-5-20-11-23/h1-8,11H,9-10H2,(H,22,24). The highest BCUT2D eigenvalue weighted by Gasteiger charge is 2.07. The number of aromatic nitrogens is 3. The van der Waals surface area contributed by atoms with Crippen molar-refractivity contribution in [2.45, 2.75) is 11.4 Å². The van der Waals surface area contributed by atoms with E-state index in [1.54, 1.807) is 29.5 Å². The Balaban J connectivity index is 1.48. The van der Waals surface area contributed by atoms with Crippen molar-refractivity contribution < 1.29 is 13.6 Å². The predicted octanol–water partition coefficient (Wildman–Crippen LogP) is 2.95. The molecule has 2 heterocycles. The van der Waals surface area contributed by atoms with Crippen LogP contribution in [0.2, 0.25) is 0 Å². The van der Waals surface area contributed by atoms with Gasteiger partial charge in [0.15, 0.2) is 11.6 Å². The van der Waals surface area contributed by atoms with Crippen LogP contribution in [0.15, 0.2) is 60.1 Å². The van der Waals surface area contributed by atoms with Crippen LogP contribution in [0.25, 0.3) is 5.82 Å². The number of pyridine rings is 1. The molecule has 0 radical (unpaired) electrons. The van der Waals surface area contributed by atoms with Crippen molar-refractivity contribution in [2.24, 2.45) is 0 Å². The fourth-order valence-electron chi connectivity index (χ4n) is 2.04. The Hall–Kier alpha value is -2.74. The van der Waals surface area contributed by atoms with Crippen molar-refractivity contribution in [3.8, 4) is 5.82 Å². The molecule has 0 spiro atoms. The lowest BCUT2D eigenvalue weighted by Crippen LogP contribution is -2.24. The highest BCUT2D eigenvalue weighted by Crippen LogP contribution is 2.20. The van der Waals surface area contributed by atoms with E-state index in [9.17, 15) is 13.6 Å². The maximum atomic E-state index is 13.1. The molecule has 0 saturated carbocycles. The van der Waals surface area contributed by atoms with Crippen LogP contribution in [0.5, 0.6) is 0 Å². The largest absolute Gasteiger partial charge is 0.351 e. The van der Waals surface area contributed by atoms with Gasteiger partial charge in [0.05, 0.1) is 5.75 Å². The minimum atomic E-state index is -0.922. The molecule has 0 bridgehead atoms. The number of hydrogen-bond donors (Lipinski definition) is 1. The van der Waals surface area contributed by atoms with Crippen LogP contribution in [0.1, 0.15) is 5.56 Å². The first-order chi connectivity index (χ1) is 12.1. The van der Waals surface area contributed by atoms with E-state index in [2.05, 4.69) is 15.3 Å². The first-order valence-corrected chi connectivity index (χ1v) is 8.38. The van der Waals surface area contributed by atoms with E-state index in [0.717, 1.165) is 35.3 Å². The maximum Gasteiger partial charge on any atom is 0.230 e. The maximum absolute atomic E-state index is 13.1. The Morgan fingerprint density at radius 2 is 2.08 bits per heavy atom. The number of halogens is 2. The third-order valence-corrected chi connectivity index (χ3v) is 4.32. The van der Waals surface area contributed by atoms with Gasteiger partial charge in [-0.2, -0.15) is 0 Å². The Labute approximate surface area is 147 Å². The molecule has 0 aliphatic heterocycles. The third kappa shape index (κ3) is 4.63. The molecule has 25 heavy (non-hydrogen) atoms. The number of thioether (sulfide) groups is 1. The second-order valence-corrected chi connectivity index (χ2v) is 6.18. The molecule has 3 aromatic rings. The fourth-order valence-corrected chi connectivity index (χ4v) is 2.79. The van der Waals surface area contributed by atoms with Gasteiger partial charge in [-0.1, -0.05) is 6.07 Å². The van der Waals surface area contributed by atoms with E-state index in [1.165, 1.54) is 6.07 Å². The second-order valence-electron chi connectivity index (χ2n) is 5.14. The predicted molar refractivity (Wildman–Crippen MR) is 90.3 cm³/mol. The summed E-state index contributed by atoms with van der Waals surface area (Å²) < 4.78 is 27.7. The van der Waals surface area contributed by atoms with Gasteiger partial charge in [0.2, 0.25) is 5.91 Å². The van der Waals surface area contributed by atoms with Gasteiger partial charge in [-0.15, -0.1) is 11.8 Å². The molecular formula is C17H14F2N4OS. The molecule has 0 saturated heterocycles. The summed E-state index contributed by atoms with van der Waals surface area (Å²) in [5.41, 5.74) is 0.857. The molecule has 0 fully saturated rings. The zero-order valence-corrected chi connectivity index (χ0v) is 13.8. The van der Waals surface area contributed by atoms with Gasteiger partial charge < -0.3 is 5.32 Å². The van der Waals surface area contributed by atoms with Crippen molar-refractivity contribution in [1.29, 1.82) is 0 Å². The van der Waals surface area contributed by atoms with Gasteiger partial charge in [0, 0.05) is 30.0 Å². The topological polar surface area (TPSA) is 59.8 Å². The summed E-state index contributed by atoms with van der Waals surface area (Å²) in [5, 5.41) is 2.76. The molecule has 1 amide bonds. The van der Waals surface area contributed by atoms with E-state index in [0.29, 0.717) is 11.4 Å². The summed E-state index contributed by atoms with van der Waals surface area (Å²) in [6.07, 6.45) is 6.79. The van der Waals surface area contributed by atoms with Gasteiger partial charge in [0.25, 0.3) is 0 Å². The molecule has 0 atom stereocenters. The van der Waals surface area contributed by atoms with Gasteiger partial charge in [-0.05, 0) is 29.8 Å². The Kier molecular flexibility index (Phi) is 5.39. The lowest BCUT2D eigenvalue weighted by atomic mass is 10.3. The quantitative estimate of drug-likeness (QED) is 0.687. The number of carbonyl (C=O) groups is 1. The molecule has 0 unspecified atom stereocenters. The number of rotatable bonds is 6. The first-order valence-electron chi connectivity index (χ1n) is 7.39. The van der Waals surface area contributed by atoms with E-state index < -0.39 is 11.6 Å². The van der Waals surface area contributed by atoms with Crippen molar-refractivity contribution in [3.05, 3.63) is 72.4 Å². The van der Waals surface area contributed by atoms with Crippen molar-refractivity contribution >= 4 is 17.7 Å². The molecular weight excluding hydrogens is 346 g/mol. The molecule has 1 N–H and O–H groups in total. The molecule has 5 nitrogen and oxygen atoms in total. The summed E-state index contributed by atoms with van der Waals surface area (Å²) >= 11 is 1.14. The molecule has 0 aliphatic rings. The van der Waals surface area contributed by atoms with Crippen LogP contribution in [0.4, 0.5) is 8.78 Å². The highest BCUT2D eigenvalue weighted by molar-refractivity contribution is 8.00. The number of hydrogen-bond acceptors (Lipinski definition) is 4. The van der Waals surface area contributed by atoms with Crippen molar-refractivity contribution in [2.75, 3.05) is 5.75 Å². The smallest absolute Gasteiger partial charge is 0.230 e. The summed E-state index contributed by atoms with van der Waals surface area (Å²) in [6.45, 7) is 0.342. The Morgan fingerprint density at radius 3 is 2.76 bits per heavy atom. The van der Waals surface area contributed by atoms with Crippen LogP contribution < -0.4 is 5.32 Å². The van der Waals surface area contributed by atoms with Crippen LogP contribution in [-0.4, -0.2) is 26.2 Å². The SMILES string of the molecule is O=C(CSc1ccc(F)c(F)c1)NCc1ccc(-n2ccnc2)nc1. The van der Waals surface area contributed by atoms with Gasteiger partial charge in [-0.25, -0.2) is 18.7 Å². The highest BCUT2D eigenvalue weighted by atomic mass is 32.2. The average Bonchev–Trinajstić information content (AvgIpc) is 3.16. The summed E-state index contributed by atoms with van der Waals surface area (Å²) in [5.74, 6) is -1.17. The zero-order chi connectivity index (χ0) is 17.6. The molecule has 128 valence electrons. The molecule has 8 heteroatoms. The van der Waals surface area contributed by atoms with E-state index in [4.69, 9.17) is 0 Å². The van der Waals surface area contributed by atoms with Gasteiger partial charge in [0.1, 0.15) is 12.1 Å². The van der Waals surface area contributed by atoms with E-state index >= 15 is 0 Å². The summed E-state index contributed by atoms with van der Waals surface area (Å²) in [6, 6.07) is 7.26. The fraction of sp³-hybridized carbons (Fsp3) is 0.118. The normalized spacial score (nSPS) is 10.6. The van der Waals surface area contributed by atoms with Crippen LogP contribution in [-0.2, 0) is 11.3 Å². The number of benzene rings is 1. The molecule has 2 aromatic heterocycles. The van der Waals surface area contributed by atoms with Crippen LogP contribution >= 0.6 is 11.8 Å². The van der Waals surface area contributed by atoms with Gasteiger partial charge in [-0.3, -0.25) is 9.36 Å². The van der Waals surface area contributed by atoms with Crippen molar-refractivity contribution in [1.82, 2.24) is 19.9 Å². The number of amides is 1. The first kappa shape index (κ1) is 17.1. The minimum Gasteiger partial charge on any atom is -0.351 e. The minimum absolute atomic E-state index is 0.117. The molecule has 0 aliphatic carbocycles. The van der Waals surface area contributed by atoms with Crippen LogP contribution in [0.3, 0.4) is 0 Å². The van der Waals surface area contributed by atoms with Gasteiger partial charge >= 0.3 is 0 Å². The van der Waals surface area contributed by atoms with Crippen LogP contribution in [0, 0.1) is 11.6 Å². The van der Waals surface area contributed by atoms with Crippen molar-refractivity contribution in [3.63, 3.8) is 0 Å². The lowest BCUT2D eigenvalue weighted by molar-refractivity contribution is -0.118. The zero-order valence-electron chi connectivity index (χ0n) is 13.0. The number of carbonyl (C=O) groups excluding carboxylic acids is 1. The number of imidazole rings is 1. The Bertz CT molecular complexity index is 854. The second kappa shape index (κ2) is 7.89. The number of nitrogens with zero attached hydrogens (tertiary/aromatic N) is 3. The third-order valence-electron chi connectivity index (χ3n) is 3.33. The molecule has 3 rings (SSSR count). The molecule has 1 aromatic carbocycles. The lowest BCUT2D eigenvalue weighted by Gasteiger charge is -2.07.